The molecule has 0 atom stereocenters. The van der Waals surface area contributed by atoms with E-state index < -0.39 is 5.92 Å². The number of anilines is 1. The first-order valence-corrected chi connectivity index (χ1v) is 12.8. The van der Waals surface area contributed by atoms with Gasteiger partial charge in [-0.2, -0.15) is 0 Å². The molecule has 186 valence electrons. The molecule has 36 heavy (non-hydrogen) atoms. The molecule has 7 heteroatoms. The molecule has 0 fully saturated rings. The van der Waals surface area contributed by atoms with Gasteiger partial charge in [0.05, 0.1) is 0 Å². The molecule has 0 saturated heterocycles. The van der Waals surface area contributed by atoms with Crippen molar-refractivity contribution in [2.75, 3.05) is 19.0 Å². The van der Waals surface area contributed by atoms with Crippen LogP contribution in [0, 0.1) is 6.92 Å². The van der Waals surface area contributed by atoms with Crippen LogP contribution in [0.15, 0.2) is 65.0 Å². The van der Waals surface area contributed by atoms with Crippen LogP contribution < -0.4 is 10.1 Å². The molecule has 2 aromatic rings. The van der Waals surface area contributed by atoms with Gasteiger partial charge in [0.1, 0.15) is 5.75 Å². The number of nitrogens with zero attached hydrogens (tertiary/aromatic N) is 1. The van der Waals surface area contributed by atoms with E-state index in [0.29, 0.717) is 46.0 Å². The summed E-state index contributed by atoms with van der Waals surface area (Å²) < 4.78 is 6.01. The monoisotopic (exact) mass is 504 g/mol. The molecule has 1 N–H and O–H groups in total. The summed E-state index contributed by atoms with van der Waals surface area (Å²) in [6.45, 7) is 1.74. The smallest absolute Gasteiger partial charge is 0.262 e. The van der Waals surface area contributed by atoms with Crippen molar-refractivity contribution < 1.29 is 19.1 Å². The van der Waals surface area contributed by atoms with Crippen LogP contribution in [-0.4, -0.2) is 36.0 Å². The van der Waals surface area contributed by atoms with E-state index in [2.05, 4.69) is 10.2 Å². The van der Waals surface area contributed by atoms with Gasteiger partial charge < -0.3 is 15.0 Å². The van der Waals surface area contributed by atoms with Gasteiger partial charge in [-0.05, 0) is 68.5 Å². The third-order valence-corrected chi connectivity index (χ3v) is 7.42. The molecule has 3 aliphatic rings. The van der Waals surface area contributed by atoms with E-state index in [0.717, 1.165) is 42.6 Å². The molecule has 1 amide bonds. The molecule has 0 unspecified atom stereocenters. The first-order valence-electron chi connectivity index (χ1n) is 12.4. The second-order valence-corrected chi connectivity index (χ2v) is 10.1. The van der Waals surface area contributed by atoms with Crippen LogP contribution in [0.2, 0.25) is 5.02 Å². The van der Waals surface area contributed by atoms with E-state index in [4.69, 9.17) is 16.3 Å². The molecular weight excluding hydrogens is 476 g/mol. The molecule has 1 aliphatic heterocycles. The summed E-state index contributed by atoms with van der Waals surface area (Å²) in [6.07, 6.45) is 4.07. The van der Waals surface area contributed by atoms with Crippen LogP contribution in [-0.2, 0) is 14.4 Å². The highest BCUT2D eigenvalue weighted by Crippen LogP contribution is 2.50. The number of benzene rings is 2. The number of hydrogen-bond donors (Lipinski definition) is 1. The fourth-order valence-electron chi connectivity index (χ4n) is 5.60. The Bertz CT molecular complexity index is 1280. The summed E-state index contributed by atoms with van der Waals surface area (Å²) in [7, 11) is 1.96. The number of rotatable bonds is 5. The highest BCUT2D eigenvalue weighted by Gasteiger charge is 2.43. The van der Waals surface area contributed by atoms with Crippen LogP contribution >= 0.6 is 11.6 Å². The fraction of sp³-hybridized carbons (Fsp3) is 0.345. The Morgan fingerprint density at radius 1 is 1.00 bits per heavy atom. The Hall–Kier alpha value is -3.38. The number of ketones is 2. The third kappa shape index (κ3) is 4.58. The van der Waals surface area contributed by atoms with Crippen molar-refractivity contribution >= 4 is 34.8 Å². The van der Waals surface area contributed by atoms with Gasteiger partial charge in [0.2, 0.25) is 0 Å². The minimum absolute atomic E-state index is 0.0566. The number of hydrogen-bond acceptors (Lipinski definition) is 5. The SMILES string of the molecule is Cc1cccc(NC(=O)COc2ccc(Cl)cc2C2C3=C(CCCC3=O)N(C)C3=C2C(=O)CCC3)c1. The average Bonchev–Trinajstić information content (AvgIpc) is 2.84. The van der Waals surface area contributed by atoms with Crippen molar-refractivity contribution in [1.29, 1.82) is 0 Å². The number of halogens is 1. The van der Waals surface area contributed by atoms with E-state index >= 15 is 0 Å². The summed E-state index contributed by atoms with van der Waals surface area (Å²) in [5, 5.41) is 3.33. The number of carbonyl (C=O) groups is 3. The van der Waals surface area contributed by atoms with Gasteiger partial charge in [-0.1, -0.05) is 23.7 Å². The van der Waals surface area contributed by atoms with Crippen molar-refractivity contribution in [3.8, 4) is 5.75 Å². The number of Topliss-reactive ketones (excluding diaryl/α,β-unsaturated/α-hetero) is 2. The van der Waals surface area contributed by atoms with Gasteiger partial charge in [-0.3, -0.25) is 14.4 Å². The molecular formula is C29H29ClN2O4. The van der Waals surface area contributed by atoms with E-state index in [-0.39, 0.29) is 24.1 Å². The van der Waals surface area contributed by atoms with Gasteiger partial charge in [0, 0.05) is 64.6 Å². The van der Waals surface area contributed by atoms with E-state index in [1.54, 1.807) is 18.2 Å². The number of nitrogens with one attached hydrogen (secondary N) is 1. The lowest BCUT2D eigenvalue weighted by atomic mass is 9.71. The van der Waals surface area contributed by atoms with Crippen molar-refractivity contribution in [3.63, 3.8) is 0 Å². The topological polar surface area (TPSA) is 75.7 Å². The van der Waals surface area contributed by atoms with Crippen molar-refractivity contribution in [3.05, 3.63) is 81.2 Å². The Labute approximate surface area is 216 Å². The second kappa shape index (κ2) is 9.94. The van der Waals surface area contributed by atoms with Crippen LogP contribution in [0.5, 0.6) is 5.75 Å². The predicted molar refractivity (Wildman–Crippen MR) is 139 cm³/mol. The Kier molecular flexibility index (Phi) is 6.71. The zero-order valence-corrected chi connectivity index (χ0v) is 21.3. The van der Waals surface area contributed by atoms with Gasteiger partial charge in [0.15, 0.2) is 18.2 Å². The minimum Gasteiger partial charge on any atom is -0.483 e. The molecule has 0 saturated carbocycles. The fourth-order valence-corrected chi connectivity index (χ4v) is 5.78. The number of allylic oxidation sites excluding steroid dienone is 4. The maximum Gasteiger partial charge on any atom is 0.262 e. The summed E-state index contributed by atoms with van der Waals surface area (Å²) in [5.74, 6) is -0.279. The van der Waals surface area contributed by atoms with Crippen molar-refractivity contribution in [2.24, 2.45) is 0 Å². The standard InChI is InChI=1S/C29H29ClN2O4/c1-17-6-3-7-19(14-17)31-26(35)16-36-25-13-12-18(30)15-20(25)27-28-21(8-4-10-23(28)33)32(2)22-9-5-11-24(34)29(22)27/h3,6-7,12-15,27H,4-5,8-11,16H2,1-2H3,(H,31,35). The van der Waals surface area contributed by atoms with Crippen LogP contribution in [0.25, 0.3) is 0 Å². The molecule has 1 heterocycles. The summed E-state index contributed by atoms with van der Waals surface area (Å²) in [4.78, 5) is 41.3. The maximum atomic E-state index is 13.3. The molecule has 0 aromatic heterocycles. The first kappa shape index (κ1) is 24.3. The number of carbonyl (C=O) groups excluding carboxylic acids is 3. The Balaban J connectivity index is 1.51. The highest BCUT2D eigenvalue weighted by molar-refractivity contribution is 6.30. The zero-order valence-electron chi connectivity index (χ0n) is 20.5. The molecule has 2 aliphatic carbocycles. The molecule has 2 aromatic carbocycles. The Morgan fingerprint density at radius 2 is 1.67 bits per heavy atom. The lowest BCUT2D eigenvalue weighted by molar-refractivity contribution is -0.119. The van der Waals surface area contributed by atoms with Crippen molar-refractivity contribution in [2.45, 2.75) is 51.4 Å². The normalized spacial score (nSPS) is 18.2. The van der Waals surface area contributed by atoms with E-state index in [1.165, 1.54) is 0 Å². The zero-order chi connectivity index (χ0) is 25.4. The van der Waals surface area contributed by atoms with Crippen LogP contribution in [0.3, 0.4) is 0 Å². The lowest BCUT2D eigenvalue weighted by Crippen LogP contribution is -2.37. The molecule has 6 nitrogen and oxygen atoms in total. The number of ether oxygens (including phenoxy) is 1. The summed E-state index contributed by atoms with van der Waals surface area (Å²) >= 11 is 6.43. The lowest BCUT2D eigenvalue weighted by Gasteiger charge is -2.42. The number of amides is 1. The van der Waals surface area contributed by atoms with Gasteiger partial charge in [0.25, 0.3) is 5.91 Å². The summed E-state index contributed by atoms with van der Waals surface area (Å²) in [5.41, 5.74) is 5.67. The van der Waals surface area contributed by atoms with Gasteiger partial charge >= 0.3 is 0 Å². The minimum atomic E-state index is -0.541. The van der Waals surface area contributed by atoms with E-state index in [9.17, 15) is 14.4 Å². The quantitative estimate of drug-likeness (QED) is 0.564. The molecule has 5 rings (SSSR count). The molecule has 0 spiro atoms. The Morgan fingerprint density at radius 3 is 2.31 bits per heavy atom. The number of aryl methyl sites for hydroxylation is 1. The van der Waals surface area contributed by atoms with Gasteiger partial charge in [-0.25, -0.2) is 0 Å². The van der Waals surface area contributed by atoms with Gasteiger partial charge in [-0.15, -0.1) is 0 Å². The van der Waals surface area contributed by atoms with Crippen LogP contribution in [0.4, 0.5) is 5.69 Å². The largest absolute Gasteiger partial charge is 0.483 e. The summed E-state index contributed by atoms with van der Waals surface area (Å²) in [6, 6.07) is 12.7. The van der Waals surface area contributed by atoms with Crippen molar-refractivity contribution in [1.82, 2.24) is 4.90 Å². The van der Waals surface area contributed by atoms with E-state index in [1.807, 2.05) is 38.2 Å². The maximum absolute atomic E-state index is 13.3. The molecule has 0 radical (unpaired) electrons. The first-order chi connectivity index (χ1) is 17.3. The average molecular weight is 505 g/mol. The van der Waals surface area contributed by atoms with Crippen LogP contribution in [0.1, 0.15) is 55.6 Å². The second-order valence-electron chi connectivity index (χ2n) is 9.65. The third-order valence-electron chi connectivity index (χ3n) is 7.19. The predicted octanol–water partition coefficient (Wildman–Crippen LogP) is 5.71. The molecule has 0 bridgehead atoms. The highest BCUT2D eigenvalue weighted by atomic mass is 35.5.